The lowest BCUT2D eigenvalue weighted by atomic mass is 10.0. The molecular formula is C8H15F3N2O2. The number of nitrogens with one attached hydrogen (secondary N) is 1. The minimum Gasteiger partial charge on any atom is -0.381 e. The summed E-state index contributed by atoms with van der Waals surface area (Å²) in [4.78, 5) is 0. The molecule has 1 rings (SSSR count). The second-order valence-electron chi connectivity index (χ2n) is 3.53. The Balaban J connectivity index is 2.21. The van der Waals surface area contributed by atoms with Crippen LogP contribution in [0.2, 0.25) is 0 Å². The van der Waals surface area contributed by atoms with Gasteiger partial charge in [0.1, 0.15) is 6.61 Å². The zero-order valence-electron chi connectivity index (χ0n) is 8.22. The van der Waals surface area contributed by atoms with Gasteiger partial charge in [-0.15, -0.1) is 0 Å². The average Bonchev–Trinajstić information content (AvgIpc) is 2.63. The molecule has 90 valence electrons. The maximum absolute atomic E-state index is 11.8. The molecule has 0 aliphatic carbocycles. The van der Waals surface area contributed by atoms with Gasteiger partial charge in [-0.1, -0.05) is 0 Å². The normalized spacial score (nSPS) is 24.4. The maximum atomic E-state index is 11.8. The third kappa shape index (κ3) is 4.78. The summed E-state index contributed by atoms with van der Waals surface area (Å²) < 4.78 is 45.0. The Morgan fingerprint density at radius 1 is 1.53 bits per heavy atom. The molecule has 7 heteroatoms. The number of halogens is 3. The van der Waals surface area contributed by atoms with Crippen molar-refractivity contribution in [3.8, 4) is 0 Å². The molecule has 2 atom stereocenters. The van der Waals surface area contributed by atoms with Crippen molar-refractivity contribution in [1.82, 2.24) is 5.43 Å². The van der Waals surface area contributed by atoms with Crippen molar-refractivity contribution in [2.45, 2.75) is 18.6 Å². The van der Waals surface area contributed by atoms with E-state index in [1.54, 1.807) is 0 Å². The number of nitrogens with two attached hydrogens (primary N) is 1. The van der Waals surface area contributed by atoms with E-state index in [1.165, 1.54) is 0 Å². The van der Waals surface area contributed by atoms with Crippen molar-refractivity contribution < 1.29 is 22.6 Å². The Kier molecular flexibility index (Phi) is 4.78. The molecule has 15 heavy (non-hydrogen) atoms. The number of rotatable bonds is 5. The maximum Gasteiger partial charge on any atom is 0.411 e. The quantitative estimate of drug-likeness (QED) is 0.529. The predicted molar refractivity (Wildman–Crippen MR) is 46.9 cm³/mol. The Bertz CT molecular complexity index is 183. The number of ether oxygens (including phenoxy) is 2. The number of hydrogen-bond acceptors (Lipinski definition) is 4. The van der Waals surface area contributed by atoms with Crippen molar-refractivity contribution in [3.63, 3.8) is 0 Å². The number of hydrogen-bond donors (Lipinski definition) is 2. The molecule has 0 aromatic rings. The lowest BCUT2D eigenvalue weighted by molar-refractivity contribution is -0.176. The van der Waals surface area contributed by atoms with Crippen LogP contribution >= 0.6 is 0 Å². The second kappa shape index (κ2) is 5.64. The summed E-state index contributed by atoms with van der Waals surface area (Å²) >= 11 is 0. The fourth-order valence-corrected chi connectivity index (χ4v) is 1.49. The summed E-state index contributed by atoms with van der Waals surface area (Å²) in [5.74, 6) is 5.36. The first kappa shape index (κ1) is 12.7. The minimum atomic E-state index is -4.29. The fourth-order valence-electron chi connectivity index (χ4n) is 1.49. The van der Waals surface area contributed by atoms with Crippen molar-refractivity contribution in [3.05, 3.63) is 0 Å². The van der Waals surface area contributed by atoms with Crippen LogP contribution in [0.4, 0.5) is 13.2 Å². The molecule has 3 N–H and O–H groups in total. The Labute approximate surface area is 85.9 Å². The topological polar surface area (TPSA) is 56.5 Å². The molecule has 0 amide bonds. The summed E-state index contributed by atoms with van der Waals surface area (Å²) in [6.07, 6.45) is -3.49. The number of hydrazine groups is 1. The van der Waals surface area contributed by atoms with E-state index in [9.17, 15) is 13.2 Å². The Morgan fingerprint density at radius 3 is 2.73 bits per heavy atom. The standard InChI is InChI=1S/C8H15F3N2O2/c9-8(10,11)5-15-4-7(13-12)6-1-2-14-3-6/h6-7,13H,1-5,12H2. The van der Waals surface area contributed by atoms with E-state index in [-0.39, 0.29) is 18.6 Å². The van der Waals surface area contributed by atoms with E-state index in [2.05, 4.69) is 10.2 Å². The Morgan fingerprint density at radius 2 is 2.27 bits per heavy atom. The summed E-state index contributed by atoms with van der Waals surface area (Å²) in [5.41, 5.74) is 2.46. The molecule has 2 unspecified atom stereocenters. The van der Waals surface area contributed by atoms with Crippen LogP contribution in [0.15, 0.2) is 0 Å². The van der Waals surface area contributed by atoms with Gasteiger partial charge < -0.3 is 9.47 Å². The molecule has 0 spiro atoms. The molecule has 0 bridgehead atoms. The van der Waals surface area contributed by atoms with E-state index in [0.29, 0.717) is 13.2 Å². The molecule has 0 radical (unpaired) electrons. The highest BCUT2D eigenvalue weighted by Crippen LogP contribution is 2.18. The molecular weight excluding hydrogens is 213 g/mol. The second-order valence-corrected chi connectivity index (χ2v) is 3.53. The van der Waals surface area contributed by atoms with Crippen LogP contribution in [0.5, 0.6) is 0 Å². The van der Waals surface area contributed by atoms with Crippen molar-refractivity contribution in [2.24, 2.45) is 11.8 Å². The summed E-state index contributed by atoms with van der Waals surface area (Å²) in [6, 6.07) is -0.283. The zero-order chi connectivity index (χ0) is 11.3. The molecule has 0 saturated carbocycles. The highest BCUT2D eigenvalue weighted by Gasteiger charge is 2.30. The molecule has 0 aromatic heterocycles. The predicted octanol–water partition coefficient (Wildman–Crippen LogP) is 0.434. The summed E-state index contributed by atoms with van der Waals surface area (Å²) in [6.45, 7) is -0.144. The monoisotopic (exact) mass is 228 g/mol. The van der Waals surface area contributed by atoms with Crippen molar-refractivity contribution in [2.75, 3.05) is 26.4 Å². The van der Waals surface area contributed by atoms with Gasteiger partial charge in [0, 0.05) is 18.6 Å². The third-order valence-corrected chi connectivity index (χ3v) is 2.31. The van der Waals surface area contributed by atoms with Crippen LogP contribution in [-0.4, -0.2) is 38.6 Å². The zero-order valence-corrected chi connectivity index (χ0v) is 8.22. The first-order chi connectivity index (χ1) is 7.03. The summed E-state index contributed by atoms with van der Waals surface area (Å²) in [7, 11) is 0. The third-order valence-electron chi connectivity index (χ3n) is 2.31. The lowest BCUT2D eigenvalue weighted by Gasteiger charge is -2.21. The van der Waals surface area contributed by atoms with E-state index in [4.69, 9.17) is 10.6 Å². The van der Waals surface area contributed by atoms with Crippen LogP contribution in [0, 0.1) is 5.92 Å². The van der Waals surface area contributed by atoms with Gasteiger partial charge in [-0.2, -0.15) is 13.2 Å². The first-order valence-corrected chi connectivity index (χ1v) is 4.71. The lowest BCUT2D eigenvalue weighted by Crippen LogP contribution is -2.45. The van der Waals surface area contributed by atoms with Crippen molar-refractivity contribution in [1.29, 1.82) is 0 Å². The van der Waals surface area contributed by atoms with Crippen LogP contribution < -0.4 is 11.3 Å². The average molecular weight is 228 g/mol. The minimum absolute atomic E-state index is 0.0516. The van der Waals surface area contributed by atoms with E-state index >= 15 is 0 Å². The number of alkyl halides is 3. The summed E-state index contributed by atoms with van der Waals surface area (Å²) in [5, 5.41) is 0. The van der Waals surface area contributed by atoms with Gasteiger partial charge in [-0.05, 0) is 6.42 Å². The molecule has 1 fully saturated rings. The van der Waals surface area contributed by atoms with Gasteiger partial charge in [0.15, 0.2) is 0 Å². The molecule has 1 heterocycles. The smallest absolute Gasteiger partial charge is 0.381 e. The molecule has 1 aliphatic rings. The van der Waals surface area contributed by atoms with Gasteiger partial charge in [-0.25, -0.2) is 0 Å². The van der Waals surface area contributed by atoms with Crippen LogP contribution in [0.3, 0.4) is 0 Å². The van der Waals surface area contributed by atoms with Gasteiger partial charge in [-0.3, -0.25) is 11.3 Å². The highest BCUT2D eigenvalue weighted by molar-refractivity contribution is 4.77. The molecule has 4 nitrogen and oxygen atoms in total. The molecule has 1 aliphatic heterocycles. The van der Waals surface area contributed by atoms with Crippen molar-refractivity contribution >= 4 is 0 Å². The highest BCUT2D eigenvalue weighted by atomic mass is 19.4. The Hall–Kier alpha value is -0.370. The van der Waals surface area contributed by atoms with Gasteiger partial charge in [0.05, 0.1) is 13.2 Å². The van der Waals surface area contributed by atoms with Gasteiger partial charge >= 0.3 is 6.18 Å². The molecule has 0 aromatic carbocycles. The van der Waals surface area contributed by atoms with Gasteiger partial charge in [0.2, 0.25) is 0 Å². The molecule has 1 saturated heterocycles. The van der Waals surface area contributed by atoms with Crippen LogP contribution in [0.1, 0.15) is 6.42 Å². The van der Waals surface area contributed by atoms with E-state index in [0.717, 1.165) is 6.42 Å². The van der Waals surface area contributed by atoms with Crippen LogP contribution in [0.25, 0.3) is 0 Å². The fraction of sp³-hybridized carbons (Fsp3) is 1.00. The SMILES string of the molecule is NNC(COCC(F)(F)F)C1CCOC1. The largest absolute Gasteiger partial charge is 0.411 e. The van der Waals surface area contributed by atoms with Crippen LogP contribution in [-0.2, 0) is 9.47 Å². The van der Waals surface area contributed by atoms with Gasteiger partial charge in [0.25, 0.3) is 0 Å². The van der Waals surface area contributed by atoms with E-state index in [1.807, 2.05) is 0 Å². The first-order valence-electron chi connectivity index (χ1n) is 4.71. The van der Waals surface area contributed by atoms with E-state index < -0.39 is 12.8 Å².